The average Bonchev–Trinajstić information content (AvgIpc) is 3.11. The van der Waals surface area contributed by atoms with Gasteiger partial charge in [0.1, 0.15) is 0 Å². The molecule has 1 heterocycles. The molecule has 6 heteroatoms. The van der Waals surface area contributed by atoms with Gasteiger partial charge in [-0.05, 0) is 36.2 Å². The van der Waals surface area contributed by atoms with Crippen LogP contribution in [0.5, 0.6) is 0 Å². The molecule has 0 unspecified atom stereocenters. The molecule has 0 atom stereocenters. The van der Waals surface area contributed by atoms with Gasteiger partial charge in [0.2, 0.25) is 0 Å². The van der Waals surface area contributed by atoms with Crippen molar-refractivity contribution in [2.75, 3.05) is 24.6 Å². The first-order valence-corrected chi connectivity index (χ1v) is 8.77. The molecule has 3 rings (SSSR count). The number of rotatable bonds is 7. The van der Waals surface area contributed by atoms with Gasteiger partial charge in [0, 0.05) is 37.5 Å². The molecule has 1 aliphatic heterocycles. The Bertz CT molecular complexity index is 791. The van der Waals surface area contributed by atoms with Gasteiger partial charge in [-0.1, -0.05) is 30.3 Å². The Morgan fingerprint density at radius 2 is 2.00 bits per heavy atom. The van der Waals surface area contributed by atoms with Gasteiger partial charge in [0.25, 0.3) is 5.91 Å². The standard InChI is InChI=1S/C20H23N3O3/c1-2-26-14-17-7-4-3-6-16(17)13-22-19(24)15-8-5-9-18(12-15)23-11-10-21-20(23)25/h3-9,12H,2,10-11,13-14H2,1H3,(H,21,25)(H,22,24). The third-order valence-electron chi connectivity index (χ3n) is 4.30. The number of amides is 3. The van der Waals surface area contributed by atoms with Crippen molar-refractivity contribution in [3.05, 3.63) is 65.2 Å². The van der Waals surface area contributed by atoms with Crippen LogP contribution >= 0.6 is 0 Å². The second kappa shape index (κ2) is 8.49. The van der Waals surface area contributed by atoms with Gasteiger partial charge < -0.3 is 15.4 Å². The Morgan fingerprint density at radius 3 is 2.73 bits per heavy atom. The molecule has 1 fully saturated rings. The van der Waals surface area contributed by atoms with Crippen LogP contribution in [0.4, 0.5) is 10.5 Å². The van der Waals surface area contributed by atoms with Gasteiger partial charge in [0.15, 0.2) is 0 Å². The first-order chi connectivity index (χ1) is 12.7. The third kappa shape index (κ3) is 4.21. The van der Waals surface area contributed by atoms with E-state index in [0.717, 1.165) is 16.8 Å². The first kappa shape index (κ1) is 17.9. The molecule has 0 saturated carbocycles. The van der Waals surface area contributed by atoms with Gasteiger partial charge in [0.05, 0.1) is 6.61 Å². The molecule has 6 nitrogen and oxygen atoms in total. The van der Waals surface area contributed by atoms with E-state index in [1.165, 1.54) is 0 Å². The second-order valence-corrected chi connectivity index (χ2v) is 6.02. The van der Waals surface area contributed by atoms with Gasteiger partial charge in [-0.15, -0.1) is 0 Å². The molecule has 1 saturated heterocycles. The Balaban J connectivity index is 1.67. The van der Waals surface area contributed by atoms with Gasteiger partial charge in [-0.3, -0.25) is 9.69 Å². The third-order valence-corrected chi connectivity index (χ3v) is 4.30. The number of hydrogen-bond donors (Lipinski definition) is 2. The molecule has 136 valence electrons. The van der Waals surface area contributed by atoms with Crippen molar-refractivity contribution in [1.29, 1.82) is 0 Å². The lowest BCUT2D eigenvalue weighted by Crippen LogP contribution is -2.28. The number of carbonyl (C=O) groups excluding carboxylic acids is 2. The molecule has 2 aromatic carbocycles. The smallest absolute Gasteiger partial charge is 0.321 e. The van der Waals surface area contributed by atoms with Crippen molar-refractivity contribution < 1.29 is 14.3 Å². The van der Waals surface area contributed by atoms with Gasteiger partial charge in [-0.2, -0.15) is 0 Å². The van der Waals surface area contributed by atoms with Crippen molar-refractivity contribution in [2.24, 2.45) is 0 Å². The fourth-order valence-corrected chi connectivity index (χ4v) is 2.89. The van der Waals surface area contributed by atoms with E-state index in [2.05, 4.69) is 10.6 Å². The summed E-state index contributed by atoms with van der Waals surface area (Å²) in [5, 5.41) is 5.71. The van der Waals surface area contributed by atoms with Crippen LogP contribution in [0.2, 0.25) is 0 Å². The van der Waals surface area contributed by atoms with Crippen molar-refractivity contribution in [1.82, 2.24) is 10.6 Å². The van der Waals surface area contributed by atoms with E-state index < -0.39 is 0 Å². The molecule has 0 aromatic heterocycles. The maximum atomic E-state index is 12.5. The number of hydrogen-bond acceptors (Lipinski definition) is 3. The lowest BCUT2D eigenvalue weighted by molar-refractivity contribution is 0.0949. The summed E-state index contributed by atoms with van der Waals surface area (Å²) in [5.74, 6) is -0.169. The summed E-state index contributed by atoms with van der Waals surface area (Å²) >= 11 is 0. The van der Waals surface area contributed by atoms with Crippen LogP contribution in [0.3, 0.4) is 0 Å². The Morgan fingerprint density at radius 1 is 1.19 bits per heavy atom. The second-order valence-electron chi connectivity index (χ2n) is 6.02. The lowest BCUT2D eigenvalue weighted by atomic mass is 10.1. The summed E-state index contributed by atoms with van der Waals surface area (Å²) in [4.78, 5) is 26.0. The number of nitrogens with one attached hydrogen (secondary N) is 2. The van der Waals surface area contributed by atoms with E-state index in [1.807, 2.05) is 37.3 Å². The minimum atomic E-state index is -0.169. The predicted molar refractivity (Wildman–Crippen MR) is 100 cm³/mol. The quantitative estimate of drug-likeness (QED) is 0.804. The maximum Gasteiger partial charge on any atom is 0.321 e. The minimum absolute atomic E-state index is 0.132. The van der Waals surface area contributed by atoms with E-state index in [1.54, 1.807) is 23.1 Å². The maximum absolute atomic E-state index is 12.5. The average molecular weight is 353 g/mol. The number of urea groups is 1. The zero-order chi connectivity index (χ0) is 18.4. The normalized spacial score (nSPS) is 13.6. The van der Waals surface area contributed by atoms with Crippen molar-refractivity contribution in [3.8, 4) is 0 Å². The molecule has 0 spiro atoms. The van der Waals surface area contributed by atoms with Crippen LogP contribution < -0.4 is 15.5 Å². The summed E-state index contributed by atoms with van der Waals surface area (Å²) in [6, 6.07) is 14.9. The van der Waals surface area contributed by atoms with Crippen LogP contribution in [0.1, 0.15) is 28.4 Å². The van der Waals surface area contributed by atoms with Crippen LogP contribution in [0.15, 0.2) is 48.5 Å². The van der Waals surface area contributed by atoms with E-state index in [0.29, 0.717) is 38.4 Å². The van der Waals surface area contributed by atoms with E-state index in [9.17, 15) is 9.59 Å². The molecule has 0 radical (unpaired) electrons. The predicted octanol–water partition coefficient (Wildman–Crippen LogP) is 2.68. The Kier molecular flexibility index (Phi) is 5.86. The number of carbonyl (C=O) groups is 2. The van der Waals surface area contributed by atoms with E-state index in [-0.39, 0.29) is 11.9 Å². The van der Waals surface area contributed by atoms with Gasteiger partial charge in [-0.25, -0.2) is 4.79 Å². The number of anilines is 1. The van der Waals surface area contributed by atoms with Crippen LogP contribution in [0, 0.1) is 0 Å². The highest BCUT2D eigenvalue weighted by Crippen LogP contribution is 2.18. The molecular weight excluding hydrogens is 330 g/mol. The van der Waals surface area contributed by atoms with Crippen molar-refractivity contribution >= 4 is 17.6 Å². The number of nitrogens with zero attached hydrogens (tertiary/aromatic N) is 1. The highest BCUT2D eigenvalue weighted by Gasteiger charge is 2.21. The molecule has 0 aliphatic carbocycles. The summed E-state index contributed by atoms with van der Waals surface area (Å²) in [6.07, 6.45) is 0. The van der Waals surface area contributed by atoms with E-state index in [4.69, 9.17) is 4.74 Å². The molecule has 1 aliphatic rings. The SMILES string of the molecule is CCOCc1ccccc1CNC(=O)c1cccc(N2CCNC2=O)c1. The zero-order valence-corrected chi connectivity index (χ0v) is 14.8. The molecule has 2 aromatic rings. The van der Waals surface area contributed by atoms with Gasteiger partial charge >= 0.3 is 6.03 Å². The molecular formula is C20H23N3O3. The van der Waals surface area contributed by atoms with Crippen molar-refractivity contribution in [3.63, 3.8) is 0 Å². The highest BCUT2D eigenvalue weighted by atomic mass is 16.5. The summed E-state index contributed by atoms with van der Waals surface area (Å²) in [6.45, 7) is 4.79. The van der Waals surface area contributed by atoms with Crippen LogP contribution in [0.25, 0.3) is 0 Å². The summed E-state index contributed by atoms with van der Waals surface area (Å²) in [5.41, 5.74) is 3.36. The number of ether oxygens (including phenoxy) is 1. The van der Waals surface area contributed by atoms with E-state index >= 15 is 0 Å². The van der Waals surface area contributed by atoms with Crippen molar-refractivity contribution in [2.45, 2.75) is 20.1 Å². The lowest BCUT2D eigenvalue weighted by Gasteiger charge is -2.15. The fraction of sp³-hybridized carbons (Fsp3) is 0.300. The van der Waals surface area contributed by atoms with Crippen LogP contribution in [-0.4, -0.2) is 31.6 Å². The number of benzene rings is 2. The molecule has 0 bridgehead atoms. The first-order valence-electron chi connectivity index (χ1n) is 8.77. The summed E-state index contributed by atoms with van der Waals surface area (Å²) in [7, 11) is 0. The molecule has 2 N–H and O–H groups in total. The summed E-state index contributed by atoms with van der Waals surface area (Å²) < 4.78 is 5.48. The minimum Gasteiger partial charge on any atom is -0.377 e. The largest absolute Gasteiger partial charge is 0.377 e. The topological polar surface area (TPSA) is 70.7 Å². The highest BCUT2D eigenvalue weighted by molar-refractivity contribution is 5.98. The molecule has 3 amide bonds. The Labute approximate surface area is 153 Å². The monoisotopic (exact) mass is 353 g/mol. The molecule has 26 heavy (non-hydrogen) atoms. The fourth-order valence-electron chi connectivity index (χ4n) is 2.89. The Hall–Kier alpha value is -2.86. The van der Waals surface area contributed by atoms with Crippen LogP contribution in [-0.2, 0) is 17.9 Å². The zero-order valence-electron chi connectivity index (χ0n) is 14.8.